The Kier molecular flexibility index (Phi) is 14.0. The Balaban J connectivity index is 0.00000172. The quantitative estimate of drug-likeness (QED) is 0.186. The molecule has 0 spiro atoms. The minimum absolute atomic E-state index is 0.118. The van der Waals surface area contributed by atoms with Crippen molar-refractivity contribution < 1.29 is 9.18 Å². The predicted octanol–water partition coefficient (Wildman–Crippen LogP) is 9.70. The number of halogens is 1. The van der Waals surface area contributed by atoms with Crippen molar-refractivity contribution in [3.05, 3.63) is 83.2 Å². The summed E-state index contributed by atoms with van der Waals surface area (Å²) in [6, 6.07) is 13.3. The summed E-state index contributed by atoms with van der Waals surface area (Å²) in [6.45, 7) is 20.8. The number of carbonyl (C=O) groups is 1. The second kappa shape index (κ2) is 16.1. The number of benzene rings is 2. The molecule has 0 aliphatic heterocycles. The van der Waals surface area contributed by atoms with Crippen molar-refractivity contribution in [2.24, 2.45) is 0 Å². The summed E-state index contributed by atoms with van der Waals surface area (Å²) in [5.41, 5.74) is 8.38. The van der Waals surface area contributed by atoms with Gasteiger partial charge in [-0.1, -0.05) is 77.6 Å². The topological polar surface area (TPSA) is 34.9 Å². The van der Waals surface area contributed by atoms with Gasteiger partial charge < -0.3 is 0 Å². The first-order chi connectivity index (χ1) is 18.2. The molecule has 38 heavy (non-hydrogen) atoms. The maximum atomic E-state index is 11.8. The highest BCUT2D eigenvalue weighted by Crippen LogP contribution is 2.38. The Bertz CT molecular complexity index is 1150. The van der Waals surface area contributed by atoms with Gasteiger partial charge in [-0.15, -0.1) is 0 Å². The predicted molar refractivity (Wildman–Crippen MR) is 162 cm³/mol. The summed E-state index contributed by atoms with van der Waals surface area (Å²) in [7, 11) is 0.500. The van der Waals surface area contributed by atoms with Crippen LogP contribution in [0.3, 0.4) is 0 Å². The van der Waals surface area contributed by atoms with Crippen LogP contribution in [0.4, 0.5) is 4.39 Å². The van der Waals surface area contributed by atoms with E-state index in [1.807, 2.05) is 20.0 Å². The molecule has 0 amide bonds. The van der Waals surface area contributed by atoms with E-state index in [0.717, 1.165) is 37.9 Å². The number of aromatic nitrogens is 2. The number of ketones is 1. The lowest BCUT2D eigenvalue weighted by molar-refractivity contribution is -0.115. The van der Waals surface area contributed by atoms with Gasteiger partial charge in [0, 0.05) is 24.4 Å². The van der Waals surface area contributed by atoms with E-state index in [-0.39, 0.29) is 11.2 Å². The van der Waals surface area contributed by atoms with Gasteiger partial charge in [-0.2, -0.15) is 0 Å². The number of unbranched alkanes of at least 4 members (excludes halogenated alkanes) is 1. The van der Waals surface area contributed by atoms with Crippen molar-refractivity contribution in [3.8, 4) is 17.1 Å². The second-order valence-corrected chi connectivity index (χ2v) is 9.92. The third-order valence-corrected chi connectivity index (χ3v) is 7.41. The van der Waals surface area contributed by atoms with E-state index in [0.29, 0.717) is 19.2 Å². The van der Waals surface area contributed by atoms with Gasteiger partial charge in [0.15, 0.2) is 5.78 Å². The van der Waals surface area contributed by atoms with Crippen LogP contribution in [-0.4, -0.2) is 22.5 Å². The summed E-state index contributed by atoms with van der Waals surface area (Å²) in [4.78, 5) is 16.6. The minimum Gasteiger partial charge on any atom is -0.299 e. The molecule has 0 saturated heterocycles. The lowest BCUT2D eigenvalue weighted by atomic mass is 9.75. The fraction of sp³-hybridized carbons (Fsp3) is 0.471. The number of imidazole rings is 1. The van der Waals surface area contributed by atoms with Crippen molar-refractivity contribution in [1.82, 2.24) is 9.55 Å². The molecule has 0 bridgehead atoms. The van der Waals surface area contributed by atoms with Crippen LogP contribution in [0.5, 0.6) is 0 Å². The largest absolute Gasteiger partial charge is 0.299 e. The molecule has 208 valence electrons. The van der Waals surface area contributed by atoms with E-state index in [1.165, 1.54) is 33.5 Å². The number of hydrogen-bond acceptors (Lipinski definition) is 2. The molecule has 0 radical (unpaired) electrons. The zero-order valence-electron chi connectivity index (χ0n) is 25.2. The standard InChI is InChI=1S/C31H40N2O.C2H6.CH3F/c1-8-31(7,9-2)27-16-12-11-15-26(27)30-32-18-19-33(30)29-23(5)20-25(21-24(29)6)14-10-13-17-28(34)22(3)4;2*1-2/h11-12,15-16,18-21H,3,8-10,13-14,17H2,1-2,4-7H3;1-2H3;1H3. The van der Waals surface area contributed by atoms with E-state index in [9.17, 15) is 9.18 Å². The number of carbonyl (C=O) groups excluding carboxylic acids is 1. The maximum absolute atomic E-state index is 11.8. The molecule has 0 atom stereocenters. The van der Waals surface area contributed by atoms with E-state index < -0.39 is 0 Å². The summed E-state index contributed by atoms with van der Waals surface area (Å²) >= 11 is 0. The molecule has 1 aromatic heterocycles. The average Bonchev–Trinajstić information content (AvgIpc) is 3.41. The van der Waals surface area contributed by atoms with Gasteiger partial charge in [0.05, 0.1) is 12.9 Å². The molecule has 3 nitrogen and oxygen atoms in total. The number of alkyl halides is 1. The summed E-state index contributed by atoms with van der Waals surface area (Å²) in [6.07, 6.45) is 9.66. The van der Waals surface area contributed by atoms with Crippen LogP contribution < -0.4 is 0 Å². The number of aryl methyl sites for hydroxylation is 3. The van der Waals surface area contributed by atoms with Gasteiger partial charge in [-0.05, 0) is 86.1 Å². The van der Waals surface area contributed by atoms with Crippen LogP contribution in [0.25, 0.3) is 17.1 Å². The van der Waals surface area contributed by atoms with Crippen LogP contribution in [0.1, 0.15) is 95.9 Å². The molecule has 0 saturated carbocycles. The Hall–Kier alpha value is -3.01. The number of Topliss-reactive ketones (excluding diaryl/α,β-unsaturated/α-hetero) is 1. The normalized spacial score (nSPS) is 10.7. The first-order valence-corrected chi connectivity index (χ1v) is 14.0. The number of allylic oxidation sites excluding steroid dienone is 1. The van der Waals surface area contributed by atoms with Crippen molar-refractivity contribution in [3.63, 3.8) is 0 Å². The van der Waals surface area contributed by atoms with Crippen molar-refractivity contribution in [2.45, 2.75) is 99.3 Å². The Morgan fingerprint density at radius 2 is 1.61 bits per heavy atom. The first kappa shape index (κ1) is 33.0. The first-order valence-electron chi connectivity index (χ1n) is 14.0. The summed E-state index contributed by atoms with van der Waals surface area (Å²) < 4.78 is 11.8. The number of hydrogen-bond donors (Lipinski definition) is 0. The van der Waals surface area contributed by atoms with Gasteiger partial charge in [-0.3, -0.25) is 13.8 Å². The fourth-order valence-electron chi connectivity index (χ4n) is 4.92. The monoisotopic (exact) mass is 520 g/mol. The third kappa shape index (κ3) is 7.99. The average molecular weight is 521 g/mol. The Labute approximate surface area is 231 Å². The maximum Gasteiger partial charge on any atom is 0.157 e. The van der Waals surface area contributed by atoms with Gasteiger partial charge in [-0.25, -0.2) is 4.98 Å². The van der Waals surface area contributed by atoms with Crippen LogP contribution >= 0.6 is 0 Å². The molecule has 0 unspecified atom stereocenters. The van der Waals surface area contributed by atoms with E-state index in [4.69, 9.17) is 4.98 Å². The molecular formula is C34H49FN2O. The molecule has 2 aromatic carbocycles. The SMILES string of the molecule is C=C(C)C(=O)CCCCc1cc(C)c(-n2ccnc2-c2ccccc2C(C)(CC)CC)c(C)c1.CC.CF. The molecule has 0 aliphatic carbocycles. The highest BCUT2D eigenvalue weighted by molar-refractivity contribution is 5.94. The number of nitrogens with zero attached hydrogens (tertiary/aromatic N) is 2. The zero-order chi connectivity index (χ0) is 28.9. The van der Waals surface area contributed by atoms with Crippen LogP contribution in [0.2, 0.25) is 0 Å². The highest BCUT2D eigenvalue weighted by atomic mass is 19.1. The molecule has 4 heteroatoms. The van der Waals surface area contributed by atoms with E-state index in [1.54, 1.807) is 6.92 Å². The van der Waals surface area contributed by atoms with Crippen molar-refractivity contribution in [2.75, 3.05) is 7.18 Å². The fourth-order valence-corrected chi connectivity index (χ4v) is 4.92. The second-order valence-electron chi connectivity index (χ2n) is 9.92. The summed E-state index contributed by atoms with van der Waals surface area (Å²) in [5, 5.41) is 0. The van der Waals surface area contributed by atoms with Gasteiger partial charge in [0.2, 0.25) is 0 Å². The van der Waals surface area contributed by atoms with Crippen molar-refractivity contribution in [1.29, 1.82) is 0 Å². The van der Waals surface area contributed by atoms with Crippen LogP contribution in [-0.2, 0) is 16.6 Å². The molecule has 0 fully saturated rings. The lowest BCUT2D eigenvalue weighted by Gasteiger charge is -2.30. The Morgan fingerprint density at radius 3 is 2.16 bits per heavy atom. The highest BCUT2D eigenvalue weighted by Gasteiger charge is 2.27. The molecule has 3 rings (SSSR count). The molecule has 3 aromatic rings. The molecule has 0 aliphatic rings. The van der Waals surface area contributed by atoms with Gasteiger partial charge in [0.25, 0.3) is 0 Å². The molecular weight excluding hydrogens is 471 g/mol. The lowest BCUT2D eigenvalue weighted by Crippen LogP contribution is -2.21. The third-order valence-electron chi connectivity index (χ3n) is 7.41. The van der Waals surface area contributed by atoms with Crippen LogP contribution in [0, 0.1) is 13.8 Å². The smallest absolute Gasteiger partial charge is 0.157 e. The van der Waals surface area contributed by atoms with Crippen molar-refractivity contribution >= 4 is 5.78 Å². The molecule has 0 N–H and O–H groups in total. The van der Waals surface area contributed by atoms with Gasteiger partial charge in [0.1, 0.15) is 5.82 Å². The van der Waals surface area contributed by atoms with Crippen LogP contribution in [0.15, 0.2) is 60.9 Å². The number of rotatable bonds is 11. The Morgan fingerprint density at radius 1 is 1.03 bits per heavy atom. The van der Waals surface area contributed by atoms with E-state index >= 15 is 0 Å². The zero-order valence-corrected chi connectivity index (χ0v) is 25.2. The molecule has 1 heterocycles. The van der Waals surface area contributed by atoms with E-state index in [2.05, 4.69) is 88.4 Å². The minimum atomic E-state index is 0.118. The summed E-state index contributed by atoms with van der Waals surface area (Å²) in [5.74, 6) is 1.18. The van der Waals surface area contributed by atoms with Gasteiger partial charge >= 0.3 is 0 Å².